The number of amides is 2. The van der Waals surface area contributed by atoms with E-state index in [4.69, 9.17) is 15.2 Å². The van der Waals surface area contributed by atoms with Gasteiger partial charge in [-0.25, -0.2) is 0 Å². The molecule has 1 fully saturated rings. The Morgan fingerprint density at radius 3 is 2.70 bits per heavy atom. The number of nitrogens with two attached hydrogens (primary N) is 1. The molecule has 0 aliphatic heterocycles. The van der Waals surface area contributed by atoms with Crippen LogP contribution < -0.4 is 20.5 Å². The summed E-state index contributed by atoms with van der Waals surface area (Å²) in [5, 5.41) is 12.4. The van der Waals surface area contributed by atoms with Crippen LogP contribution in [0.4, 0.5) is 0 Å². The number of carbonyl (C=O) groups is 2. The van der Waals surface area contributed by atoms with Gasteiger partial charge in [0.15, 0.2) is 18.1 Å². The van der Waals surface area contributed by atoms with Crippen LogP contribution in [0, 0.1) is 17.2 Å². The quantitative estimate of drug-likeness (QED) is 0.563. The number of primary amides is 1. The Morgan fingerprint density at radius 1 is 1.33 bits per heavy atom. The van der Waals surface area contributed by atoms with Gasteiger partial charge in [-0.3, -0.25) is 9.59 Å². The number of methoxy groups -OCH3 is 1. The summed E-state index contributed by atoms with van der Waals surface area (Å²) in [4.78, 5) is 23.3. The van der Waals surface area contributed by atoms with Gasteiger partial charge in [0.1, 0.15) is 11.6 Å². The maximum atomic E-state index is 12.5. The zero-order chi connectivity index (χ0) is 19.8. The van der Waals surface area contributed by atoms with E-state index >= 15 is 0 Å². The lowest BCUT2D eigenvalue weighted by atomic mass is 9.86. The molecule has 2 rings (SSSR count). The Kier molecular flexibility index (Phi) is 7.24. The van der Waals surface area contributed by atoms with E-state index in [1.54, 1.807) is 18.2 Å². The fourth-order valence-corrected chi connectivity index (χ4v) is 3.13. The monoisotopic (exact) mass is 371 g/mol. The van der Waals surface area contributed by atoms with Crippen LogP contribution in [0.25, 0.3) is 6.08 Å². The Hall–Kier alpha value is -3.01. The fraction of sp³-hybridized carbons (Fsp3) is 0.450. The molecule has 0 bridgehead atoms. The molecule has 2 amide bonds. The van der Waals surface area contributed by atoms with Gasteiger partial charge in [-0.05, 0) is 42.5 Å². The minimum Gasteiger partial charge on any atom is -0.493 e. The van der Waals surface area contributed by atoms with Crippen LogP contribution in [0.2, 0.25) is 0 Å². The highest BCUT2D eigenvalue weighted by Crippen LogP contribution is 2.29. The second-order valence-electron chi connectivity index (χ2n) is 6.68. The lowest BCUT2D eigenvalue weighted by molar-refractivity contribution is -0.120. The molecule has 1 aromatic rings. The smallest absolute Gasteiger partial charge is 0.262 e. The summed E-state index contributed by atoms with van der Waals surface area (Å²) in [5.74, 6) is 0.172. The zero-order valence-corrected chi connectivity index (χ0v) is 15.7. The summed E-state index contributed by atoms with van der Waals surface area (Å²) >= 11 is 0. The summed E-state index contributed by atoms with van der Waals surface area (Å²) in [6, 6.07) is 6.97. The normalized spacial score (nSPS) is 19.7. The number of nitrogens with one attached hydrogen (secondary N) is 1. The number of hydrogen-bond donors (Lipinski definition) is 2. The second kappa shape index (κ2) is 9.62. The number of benzene rings is 1. The van der Waals surface area contributed by atoms with Gasteiger partial charge < -0.3 is 20.5 Å². The van der Waals surface area contributed by atoms with Crippen LogP contribution >= 0.6 is 0 Å². The lowest BCUT2D eigenvalue weighted by Crippen LogP contribution is -2.41. The minimum atomic E-state index is -0.596. The van der Waals surface area contributed by atoms with Gasteiger partial charge in [0.25, 0.3) is 11.8 Å². The predicted octanol–water partition coefficient (Wildman–Crippen LogP) is 2.16. The van der Waals surface area contributed by atoms with Crippen molar-refractivity contribution in [3.63, 3.8) is 0 Å². The Morgan fingerprint density at radius 2 is 2.07 bits per heavy atom. The molecule has 7 heteroatoms. The number of ether oxygens (including phenoxy) is 2. The molecule has 1 aliphatic rings. The summed E-state index contributed by atoms with van der Waals surface area (Å²) in [5.41, 5.74) is 5.71. The molecule has 1 saturated carbocycles. The predicted molar refractivity (Wildman–Crippen MR) is 101 cm³/mol. The molecule has 0 heterocycles. The standard InChI is InChI=1S/C20H25N3O4/c1-13-5-3-4-6-16(13)23-20(25)15(11-21)9-14-7-8-17(18(10-14)26-2)27-12-19(22)24/h7-10,13,16H,3-6,12H2,1-2H3,(H2,22,24)(H,23,25)/b15-9+. The van der Waals surface area contributed by atoms with Crippen LogP contribution in [0.5, 0.6) is 11.5 Å². The van der Waals surface area contributed by atoms with Gasteiger partial charge in [0.05, 0.1) is 7.11 Å². The molecule has 0 saturated heterocycles. The number of rotatable bonds is 7. The van der Waals surface area contributed by atoms with E-state index < -0.39 is 5.91 Å². The van der Waals surface area contributed by atoms with E-state index in [9.17, 15) is 14.9 Å². The number of hydrogen-bond acceptors (Lipinski definition) is 5. The fourth-order valence-electron chi connectivity index (χ4n) is 3.13. The zero-order valence-electron chi connectivity index (χ0n) is 15.7. The van der Waals surface area contributed by atoms with Crippen molar-refractivity contribution in [2.24, 2.45) is 11.7 Å². The SMILES string of the molecule is COc1cc(/C=C(\C#N)C(=O)NC2CCCCC2C)ccc1OCC(N)=O. The summed E-state index contributed by atoms with van der Waals surface area (Å²) in [7, 11) is 1.46. The first-order valence-electron chi connectivity index (χ1n) is 8.96. The third-order valence-corrected chi connectivity index (χ3v) is 4.66. The van der Waals surface area contributed by atoms with Crippen LogP contribution in [-0.2, 0) is 9.59 Å². The van der Waals surface area contributed by atoms with E-state index in [1.807, 2.05) is 6.07 Å². The number of carbonyl (C=O) groups excluding carboxylic acids is 2. The first kappa shape index (κ1) is 20.3. The third-order valence-electron chi connectivity index (χ3n) is 4.66. The molecule has 2 unspecified atom stereocenters. The van der Waals surface area contributed by atoms with Crippen molar-refractivity contribution in [3.8, 4) is 17.6 Å². The molecule has 144 valence electrons. The largest absolute Gasteiger partial charge is 0.493 e. The highest BCUT2D eigenvalue weighted by Gasteiger charge is 2.24. The van der Waals surface area contributed by atoms with Gasteiger partial charge in [0.2, 0.25) is 0 Å². The van der Waals surface area contributed by atoms with Crippen molar-refractivity contribution < 1.29 is 19.1 Å². The highest BCUT2D eigenvalue weighted by atomic mass is 16.5. The average Bonchev–Trinajstić information content (AvgIpc) is 2.66. The minimum absolute atomic E-state index is 0.0284. The molecule has 0 aromatic heterocycles. The van der Waals surface area contributed by atoms with Crippen molar-refractivity contribution in [2.75, 3.05) is 13.7 Å². The molecule has 3 N–H and O–H groups in total. The van der Waals surface area contributed by atoms with Crippen molar-refractivity contribution in [1.82, 2.24) is 5.32 Å². The molecular weight excluding hydrogens is 346 g/mol. The maximum Gasteiger partial charge on any atom is 0.262 e. The van der Waals surface area contributed by atoms with Gasteiger partial charge in [-0.1, -0.05) is 25.8 Å². The van der Waals surface area contributed by atoms with Crippen molar-refractivity contribution in [3.05, 3.63) is 29.3 Å². The van der Waals surface area contributed by atoms with E-state index in [1.165, 1.54) is 19.6 Å². The topological polar surface area (TPSA) is 114 Å². The second-order valence-corrected chi connectivity index (χ2v) is 6.68. The van der Waals surface area contributed by atoms with Crippen molar-refractivity contribution in [2.45, 2.75) is 38.6 Å². The molecule has 0 spiro atoms. The van der Waals surface area contributed by atoms with Gasteiger partial charge in [-0.2, -0.15) is 5.26 Å². The Labute approximate surface area is 159 Å². The lowest BCUT2D eigenvalue weighted by Gasteiger charge is -2.29. The first-order chi connectivity index (χ1) is 12.9. The third kappa shape index (κ3) is 5.74. The summed E-state index contributed by atoms with van der Waals surface area (Å²) in [6.07, 6.45) is 5.79. The van der Waals surface area contributed by atoms with E-state index in [0.717, 1.165) is 19.3 Å². The summed E-state index contributed by atoms with van der Waals surface area (Å²) < 4.78 is 10.5. The van der Waals surface area contributed by atoms with Crippen LogP contribution in [0.15, 0.2) is 23.8 Å². The molecule has 27 heavy (non-hydrogen) atoms. The van der Waals surface area contributed by atoms with Crippen molar-refractivity contribution >= 4 is 17.9 Å². The Balaban J connectivity index is 2.14. The van der Waals surface area contributed by atoms with Crippen LogP contribution in [0.3, 0.4) is 0 Å². The van der Waals surface area contributed by atoms with Crippen LogP contribution in [0.1, 0.15) is 38.2 Å². The van der Waals surface area contributed by atoms with Crippen molar-refractivity contribution in [1.29, 1.82) is 5.26 Å². The van der Waals surface area contributed by atoms with E-state index in [2.05, 4.69) is 12.2 Å². The van der Waals surface area contributed by atoms with E-state index in [0.29, 0.717) is 23.0 Å². The first-order valence-corrected chi connectivity index (χ1v) is 8.96. The molecule has 7 nitrogen and oxygen atoms in total. The molecule has 2 atom stereocenters. The highest BCUT2D eigenvalue weighted by molar-refractivity contribution is 6.01. The van der Waals surface area contributed by atoms with Gasteiger partial charge in [0, 0.05) is 6.04 Å². The molecule has 0 radical (unpaired) electrons. The van der Waals surface area contributed by atoms with Gasteiger partial charge >= 0.3 is 0 Å². The number of nitriles is 1. The average molecular weight is 371 g/mol. The molecular formula is C20H25N3O4. The maximum absolute atomic E-state index is 12.5. The van der Waals surface area contributed by atoms with Crippen LogP contribution in [-0.4, -0.2) is 31.6 Å². The summed E-state index contributed by atoms with van der Waals surface area (Å²) in [6.45, 7) is 1.85. The van der Waals surface area contributed by atoms with E-state index in [-0.39, 0.29) is 24.1 Å². The molecule has 1 aromatic carbocycles. The number of nitrogens with zero attached hydrogens (tertiary/aromatic N) is 1. The van der Waals surface area contributed by atoms with Gasteiger partial charge in [-0.15, -0.1) is 0 Å². The Bertz CT molecular complexity index is 767. The molecule has 1 aliphatic carbocycles.